The van der Waals surface area contributed by atoms with Crippen molar-refractivity contribution in [1.82, 2.24) is 20.1 Å². The summed E-state index contributed by atoms with van der Waals surface area (Å²) in [6, 6.07) is 0.424. The predicted octanol–water partition coefficient (Wildman–Crippen LogP) is 1.82. The summed E-state index contributed by atoms with van der Waals surface area (Å²) in [6.45, 7) is 3.93. The minimum absolute atomic E-state index is 0.125. The third kappa shape index (κ3) is 2.88. The normalized spacial score (nSPS) is 16.2. The molecule has 1 fully saturated rings. The lowest BCUT2D eigenvalue weighted by Gasteiger charge is -2.22. The molecule has 2 N–H and O–H groups in total. The molecule has 0 bridgehead atoms. The van der Waals surface area contributed by atoms with E-state index >= 15 is 0 Å². The Morgan fingerprint density at radius 1 is 1.45 bits per heavy atom. The van der Waals surface area contributed by atoms with Gasteiger partial charge in [-0.1, -0.05) is 0 Å². The number of thiazole rings is 1. The SMILES string of the molecule is Cc1ncc(C(=O)Nc2cnn(C3CCNCC3)c2)s1. The molecule has 106 valence electrons. The monoisotopic (exact) mass is 291 g/mol. The molecule has 1 aliphatic heterocycles. The maximum Gasteiger partial charge on any atom is 0.267 e. The summed E-state index contributed by atoms with van der Waals surface area (Å²) in [5.74, 6) is -0.125. The second-order valence-electron chi connectivity index (χ2n) is 4.89. The Labute approximate surface area is 121 Å². The van der Waals surface area contributed by atoms with Gasteiger partial charge in [-0.15, -0.1) is 11.3 Å². The summed E-state index contributed by atoms with van der Waals surface area (Å²) in [6.07, 6.45) is 7.36. The smallest absolute Gasteiger partial charge is 0.267 e. The Balaban J connectivity index is 1.66. The highest BCUT2D eigenvalue weighted by Gasteiger charge is 2.16. The van der Waals surface area contributed by atoms with Gasteiger partial charge in [0.1, 0.15) is 4.88 Å². The van der Waals surface area contributed by atoms with E-state index in [-0.39, 0.29) is 5.91 Å². The molecule has 0 aliphatic carbocycles. The van der Waals surface area contributed by atoms with Gasteiger partial charge in [0.2, 0.25) is 0 Å². The molecule has 20 heavy (non-hydrogen) atoms. The molecule has 3 rings (SSSR count). The van der Waals surface area contributed by atoms with Crippen molar-refractivity contribution in [3.8, 4) is 0 Å². The molecule has 7 heteroatoms. The predicted molar refractivity (Wildman–Crippen MR) is 78.2 cm³/mol. The van der Waals surface area contributed by atoms with Crippen LogP contribution >= 0.6 is 11.3 Å². The Morgan fingerprint density at radius 2 is 2.25 bits per heavy atom. The van der Waals surface area contributed by atoms with Crippen LogP contribution in [0.5, 0.6) is 0 Å². The summed E-state index contributed by atoms with van der Waals surface area (Å²) in [5.41, 5.74) is 0.736. The molecule has 2 aromatic rings. The quantitative estimate of drug-likeness (QED) is 0.905. The summed E-state index contributed by atoms with van der Waals surface area (Å²) in [4.78, 5) is 16.7. The second-order valence-corrected chi connectivity index (χ2v) is 6.12. The molecule has 0 unspecified atom stereocenters. The molecule has 0 atom stereocenters. The van der Waals surface area contributed by atoms with Gasteiger partial charge in [0.15, 0.2) is 0 Å². The van der Waals surface area contributed by atoms with Gasteiger partial charge in [0.25, 0.3) is 5.91 Å². The van der Waals surface area contributed by atoms with Crippen LogP contribution in [0.2, 0.25) is 0 Å². The molecule has 0 spiro atoms. The van der Waals surface area contributed by atoms with Crippen molar-refractivity contribution in [3.05, 3.63) is 28.5 Å². The fourth-order valence-electron chi connectivity index (χ4n) is 2.33. The molecule has 1 amide bonds. The first-order valence-corrected chi connectivity index (χ1v) is 7.52. The number of aromatic nitrogens is 3. The number of hydrogen-bond donors (Lipinski definition) is 2. The van der Waals surface area contributed by atoms with Crippen LogP contribution < -0.4 is 10.6 Å². The molecule has 0 saturated carbocycles. The lowest BCUT2D eigenvalue weighted by atomic mass is 10.1. The maximum atomic E-state index is 12.0. The zero-order valence-electron chi connectivity index (χ0n) is 11.3. The van der Waals surface area contributed by atoms with Crippen molar-refractivity contribution < 1.29 is 4.79 Å². The fourth-order valence-corrected chi connectivity index (χ4v) is 3.01. The van der Waals surface area contributed by atoms with Crippen LogP contribution in [0.25, 0.3) is 0 Å². The van der Waals surface area contributed by atoms with Gasteiger partial charge in [-0.25, -0.2) is 4.98 Å². The van der Waals surface area contributed by atoms with E-state index in [0.29, 0.717) is 10.9 Å². The van der Waals surface area contributed by atoms with E-state index in [9.17, 15) is 4.79 Å². The van der Waals surface area contributed by atoms with Gasteiger partial charge in [-0.3, -0.25) is 9.48 Å². The number of carbonyl (C=O) groups excluding carboxylic acids is 1. The van der Waals surface area contributed by atoms with Crippen molar-refractivity contribution >= 4 is 22.9 Å². The van der Waals surface area contributed by atoms with Crippen LogP contribution in [-0.2, 0) is 0 Å². The summed E-state index contributed by atoms with van der Waals surface area (Å²) >= 11 is 1.39. The van der Waals surface area contributed by atoms with Crippen molar-refractivity contribution in [2.45, 2.75) is 25.8 Å². The lowest BCUT2D eigenvalue weighted by Crippen LogP contribution is -2.29. The highest BCUT2D eigenvalue weighted by molar-refractivity contribution is 7.13. The van der Waals surface area contributed by atoms with Crippen LogP contribution in [0.4, 0.5) is 5.69 Å². The van der Waals surface area contributed by atoms with Gasteiger partial charge in [-0.2, -0.15) is 5.10 Å². The van der Waals surface area contributed by atoms with E-state index < -0.39 is 0 Å². The molecular formula is C13H17N5OS. The average molecular weight is 291 g/mol. The van der Waals surface area contributed by atoms with E-state index in [2.05, 4.69) is 20.7 Å². The van der Waals surface area contributed by atoms with E-state index in [1.54, 1.807) is 12.4 Å². The van der Waals surface area contributed by atoms with E-state index in [1.165, 1.54) is 11.3 Å². The van der Waals surface area contributed by atoms with Gasteiger partial charge >= 0.3 is 0 Å². The van der Waals surface area contributed by atoms with Crippen molar-refractivity contribution in [1.29, 1.82) is 0 Å². The third-order valence-electron chi connectivity index (χ3n) is 3.39. The largest absolute Gasteiger partial charge is 0.319 e. The molecule has 6 nitrogen and oxygen atoms in total. The Kier molecular flexibility index (Phi) is 3.79. The summed E-state index contributed by atoms with van der Waals surface area (Å²) in [5, 5.41) is 11.4. The molecule has 3 heterocycles. The molecule has 0 aromatic carbocycles. The number of piperidine rings is 1. The van der Waals surface area contributed by atoms with Crippen LogP contribution in [0.3, 0.4) is 0 Å². The minimum atomic E-state index is -0.125. The van der Waals surface area contributed by atoms with Gasteiger partial charge < -0.3 is 10.6 Å². The zero-order valence-corrected chi connectivity index (χ0v) is 12.1. The third-order valence-corrected chi connectivity index (χ3v) is 4.30. The number of hydrogen-bond acceptors (Lipinski definition) is 5. The van der Waals surface area contributed by atoms with Gasteiger partial charge in [0.05, 0.1) is 29.1 Å². The van der Waals surface area contributed by atoms with Crippen molar-refractivity contribution in [2.75, 3.05) is 18.4 Å². The second kappa shape index (κ2) is 5.72. The van der Waals surface area contributed by atoms with Gasteiger partial charge in [0, 0.05) is 6.20 Å². The number of amides is 1. The zero-order chi connectivity index (χ0) is 13.9. The molecule has 1 aliphatic rings. The van der Waals surface area contributed by atoms with Crippen LogP contribution in [0.15, 0.2) is 18.6 Å². The fraction of sp³-hybridized carbons (Fsp3) is 0.462. The highest BCUT2D eigenvalue weighted by atomic mass is 32.1. The molecule has 1 saturated heterocycles. The Hall–Kier alpha value is -1.73. The number of anilines is 1. The Bertz CT molecular complexity index is 599. The number of carbonyl (C=O) groups is 1. The van der Waals surface area contributed by atoms with Crippen molar-refractivity contribution in [3.63, 3.8) is 0 Å². The Morgan fingerprint density at radius 3 is 2.95 bits per heavy atom. The van der Waals surface area contributed by atoms with E-state index in [1.807, 2.05) is 17.8 Å². The average Bonchev–Trinajstić information content (AvgIpc) is 3.09. The molecular weight excluding hydrogens is 274 g/mol. The highest BCUT2D eigenvalue weighted by Crippen LogP contribution is 2.20. The lowest BCUT2D eigenvalue weighted by molar-refractivity contribution is 0.103. The first-order chi connectivity index (χ1) is 9.72. The molecule has 0 radical (unpaired) electrons. The van der Waals surface area contributed by atoms with Gasteiger partial charge in [-0.05, 0) is 32.9 Å². The summed E-state index contributed by atoms with van der Waals surface area (Å²) < 4.78 is 1.95. The van der Waals surface area contributed by atoms with Crippen LogP contribution in [0, 0.1) is 6.92 Å². The van der Waals surface area contributed by atoms with E-state index in [0.717, 1.165) is 36.6 Å². The summed E-state index contributed by atoms with van der Waals surface area (Å²) in [7, 11) is 0. The standard InChI is InChI=1S/C13H17N5OS/c1-9-15-7-12(20-9)13(19)17-10-6-16-18(8-10)11-2-4-14-5-3-11/h6-8,11,14H,2-5H2,1H3,(H,17,19). The number of rotatable bonds is 3. The maximum absolute atomic E-state index is 12.0. The minimum Gasteiger partial charge on any atom is -0.319 e. The van der Waals surface area contributed by atoms with Crippen molar-refractivity contribution in [2.24, 2.45) is 0 Å². The number of nitrogens with zero attached hydrogens (tertiary/aromatic N) is 3. The number of aryl methyl sites for hydroxylation is 1. The molecule has 2 aromatic heterocycles. The van der Waals surface area contributed by atoms with Crippen LogP contribution in [0.1, 0.15) is 33.6 Å². The topological polar surface area (TPSA) is 71.8 Å². The van der Waals surface area contributed by atoms with Crippen LogP contribution in [-0.4, -0.2) is 33.8 Å². The van der Waals surface area contributed by atoms with E-state index in [4.69, 9.17) is 0 Å². The first-order valence-electron chi connectivity index (χ1n) is 6.71. The number of nitrogens with one attached hydrogen (secondary N) is 2. The first kappa shape index (κ1) is 13.3.